The molecule has 18 heavy (non-hydrogen) atoms. The summed E-state index contributed by atoms with van der Waals surface area (Å²) >= 11 is 0. The highest BCUT2D eigenvalue weighted by Gasteiger charge is 2.30. The number of carboxylic acid groups (broad SMARTS) is 1. The summed E-state index contributed by atoms with van der Waals surface area (Å²) in [5, 5.41) is 11.9. The fraction of sp³-hybridized carbons (Fsp3) is 0.846. The zero-order valence-electron chi connectivity index (χ0n) is 10.7. The molecule has 1 unspecified atom stereocenters. The van der Waals surface area contributed by atoms with E-state index in [-0.39, 0.29) is 18.4 Å². The maximum atomic E-state index is 12.2. The van der Waals surface area contributed by atoms with Crippen molar-refractivity contribution in [2.24, 2.45) is 5.92 Å². The number of carbonyl (C=O) groups is 2. The topological polar surface area (TPSA) is 69.6 Å². The van der Waals surface area contributed by atoms with Crippen molar-refractivity contribution in [2.45, 2.75) is 44.6 Å². The zero-order valence-corrected chi connectivity index (χ0v) is 10.7. The maximum Gasteiger partial charge on any atom is 0.303 e. The summed E-state index contributed by atoms with van der Waals surface area (Å²) in [6, 6.07) is 0.00298. The molecule has 0 bridgehead atoms. The molecule has 2 aliphatic rings. The van der Waals surface area contributed by atoms with Crippen molar-refractivity contribution in [3.63, 3.8) is 0 Å². The van der Waals surface area contributed by atoms with E-state index in [0.717, 1.165) is 45.3 Å². The van der Waals surface area contributed by atoms with E-state index in [1.165, 1.54) is 0 Å². The van der Waals surface area contributed by atoms with Crippen LogP contribution < -0.4 is 5.32 Å². The van der Waals surface area contributed by atoms with Crippen LogP contribution in [0, 0.1) is 5.92 Å². The summed E-state index contributed by atoms with van der Waals surface area (Å²) in [6.45, 7) is 2.51. The third kappa shape index (κ3) is 3.45. The SMILES string of the molecule is O=C(O)CCC1CCCN(C(=O)[C@@H]2CCCN2)C1. The van der Waals surface area contributed by atoms with Gasteiger partial charge in [-0.2, -0.15) is 0 Å². The molecule has 2 atom stereocenters. The first-order chi connectivity index (χ1) is 8.66. The first kappa shape index (κ1) is 13.3. The monoisotopic (exact) mass is 254 g/mol. The molecule has 0 aromatic carbocycles. The number of nitrogens with one attached hydrogen (secondary N) is 1. The number of amides is 1. The van der Waals surface area contributed by atoms with Crippen LogP contribution in [0.5, 0.6) is 0 Å². The van der Waals surface area contributed by atoms with E-state index in [4.69, 9.17) is 5.11 Å². The largest absolute Gasteiger partial charge is 0.481 e. The molecular weight excluding hydrogens is 232 g/mol. The number of hydrogen-bond donors (Lipinski definition) is 2. The van der Waals surface area contributed by atoms with Crippen LogP contribution in [0.1, 0.15) is 38.5 Å². The van der Waals surface area contributed by atoms with Gasteiger partial charge < -0.3 is 15.3 Å². The molecule has 1 amide bonds. The third-order valence-corrected chi connectivity index (χ3v) is 3.96. The minimum atomic E-state index is -0.740. The molecule has 102 valence electrons. The van der Waals surface area contributed by atoms with Gasteiger partial charge in [-0.3, -0.25) is 9.59 Å². The number of aliphatic carboxylic acids is 1. The van der Waals surface area contributed by atoms with Gasteiger partial charge in [0.2, 0.25) is 5.91 Å². The second kappa shape index (κ2) is 6.18. The number of hydrogen-bond acceptors (Lipinski definition) is 3. The summed E-state index contributed by atoms with van der Waals surface area (Å²) in [5.74, 6) is -0.163. The molecule has 0 aromatic rings. The summed E-state index contributed by atoms with van der Waals surface area (Å²) in [5.41, 5.74) is 0. The van der Waals surface area contributed by atoms with Gasteiger partial charge in [0.05, 0.1) is 6.04 Å². The molecule has 0 spiro atoms. The van der Waals surface area contributed by atoms with Crippen LogP contribution in [0.4, 0.5) is 0 Å². The first-order valence-electron chi connectivity index (χ1n) is 6.91. The number of piperidine rings is 1. The van der Waals surface area contributed by atoms with Crippen molar-refractivity contribution in [2.75, 3.05) is 19.6 Å². The molecule has 5 heteroatoms. The lowest BCUT2D eigenvalue weighted by Crippen LogP contribution is -2.47. The third-order valence-electron chi connectivity index (χ3n) is 3.96. The Labute approximate surface area is 108 Å². The lowest BCUT2D eigenvalue weighted by atomic mass is 9.93. The predicted molar refractivity (Wildman–Crippen MR) is 67.2 cm³/mol. The summed E-state index contributed by atoms with van der Waals surface area (Å²) in [7, 11) is 0. The highest BCUT2D eigenvalue weighted by atomic mass is 16.4. The Balaban J connectivity index is 1.81. The Hall–Kier alpha value is -1.10. The van der Waals surface area contributed by atoms with E-state index in [1.54, 1.807) is 0 Å². The maximum absolute atomic E-state index is 12.2. The van der Waals surface area contributed by atoms with E-state index >= 15 is 0 Å². The summed E-state index contributed by atoms with van der Waals surface area (Å²) < 4.78 is 0. The number of carbonyl (C=O) groups excluding carboxylic acids is 1. The highest BCUT2D eigenvalue weighted by Crippen LogP contribution is 2.22. The normalized spacial score (nSPS) is 28.3. The molecule has 2 rings (SSSR count). The van der Waals surface area contributed by atoms with Gasteiger partial charge in [-0.05, 0) is 44.6 Å². The Morgan fingerprint density at radius 2 is 2.11 bits per heavy atom. The number of nitrogens with zero attached hydrogens (tertiary/aromatic N) is 1. The van der Waals surface area contributed by atoms with E-state index in [2.05, 4.69) is 5.32 Å². The first-order valence-corrected chi connectivity index (χ1v) is 6.91. The molecule has 2 aliphatic heterocycles. The van der Waals surface area contributed by atoms with Gasteiger partial charge in [-0.1, -0.05) is 0 Å². The average Bonchev–Trinajstić information content (AvgIpc) is 2.89. The minimum absolute atomic E-state index is 0.00298. The van der Waals surface area contributed by atoms with Gasteiger partial charge >= 0.3 is 5.97 Å². The second-order valence-electron chi connectivity index (χ2n) is 5.37. The fourth-order valence-electron chi connectivity index (χ4n) is 2.94. The van der Waals surface area contributed by atoms with Crippen LogP contribution in [-0.2, 0) is 9.59 Å². The highest BCUT2D eigenvalue weighted by molar-refractivity contribution is 5.82. The zero-order chi connectivity index (χ0) is 13.0. The predicted octanol–water partition coefficient (Wildman–Crippen LogP) is 0.842. The van der Waals surface area contributed by atoms with E-state index < -0.39 is 5.97 Å². The molecule has 2 fully saturated rings. The van der Waals surface area contributed by atoms with E-state index in [1.807, 2.05) is 4.90 Å². The van der Waals surface area contributed by atoms with Gasteiger partial charge in [-0.25, -0.2) is 0 Å². The van der Waals surface area contributed by atoms with Gasteiger partial charge in [0, 0.05) is 19.5 Å². The van der Waals surface area contributed by atoms with Gasteiger partial charge in [0.1, 0.15) is 0 Å². The molecule has 2 saturated heterocycles. The van der Waals surface area contributed by atoms with Crippen molar-refractivity contribution in [3.8, 4) is 0 Å². The molecule has 0 saturated carbocycles. The van der Waals surface area contributed by atoms with Crippen LogP contribution in [0.2, 0.25) is 0 Å². The van der Waals surface area contributed by atoms with Crippen molar-refractivity contribution >= 4 is 11.9 Å². The van der Waals surface area contributed by atoms with Gasteiger partial charge in [0.15, 0.2) is 0 Å². The summed E-state index contributed by atoms with van der Waals surface area (Å²) in [6.07, 6.45) is 4.98. The Bertz CT molecular complexity index is 313. The van der Waals surface area contributed by atoms with Crippen molar-refractivity contribution < 1.29 is 14.7 Å². The Morgan fingerprint density at radius 1 is 1.28 bits per heavy atom. The average molecular weight is 254 g/mol. The molecule has 2 N–H and O–H groups in total. The minimum Gasteiger partial charge on any atom is -0.481 e. The molecule has 0 aliphatic carbocycles. The van der Waals surface area contributed by atoms with Crippen LogP contribution in [0.3, 0.4) is 0 Å². The molecular formula is C13H22N2O3. The van der Waals surface area contributed by atoms with Crippen molar-refractivity contribution in [1.29, 1.82) is 0 Å². The second-order valence-corrected chi connectivity index (χ2v) is 5.37. The molecule has 2 heterocycles. The van der Waals surface area contributed by atoms with Crippen LogP contribution in [0.25, 0.3) is 0 Å². The van der Waals surface area contributed by atoms with Crippen molar-refractivity contribution in [3.05, 3.63) is 0 Å². The summed E-state index contributed by atoms with van der Waals surface area (Å²) in [4.78, 5) is 24.7. The molecule has 5 nitrogen and oxygen atoms in total. The Morgan fingerprint density at radius 3 is 2.78 bits per heavy atom. The van der Waals surface area contributed by atoms with Crippen LogP contribution in [-0.4, -0.2) is 47.6 Å². The van der Waals surface area contributed by atoms with Gasteiger partial charge in [-0.15, -0.1) is 0 Å². The van der Waals surface area contributed by atoms with Crippen LogP contribution in [0.15, 0.2) is 0 Å². The number of rotatable bonds is 4. The van der Waals surface area contributed by atoms with Crippen LogP contribution >= 0.6 is 0 Å². The quantitative estimate of drug-likeness (QED) is 0.780. The van der Waals surface area contributed by atoms with E-state index in [0.29, 0.717) is 12.3 Å². The van der Waals surface area contributed by atoms with Gasteiger partial charge in [0.25, 0.3) is 0 Å². The van der Waals surface area contributed by atoms with Crippen molar-refractivity contribution in [1.82, 2.24) is 10.2 Å². The fourth-order valence-corrected chi connectivity index (χ4v) is 2.94. The Kier molecular flexibility index (Phi) is 4.58. The number of carboxylic acids is 1. The lowest BCUT2D eigenvalue weighted by Gasteiger charge is -2.34. The number of likely N-dealkylation sites (tertiary alicyclic amines) is 1. The lowest BCUT2D eigenvalue weighted by molar-refractivity contribution is -0.137. The van der Waals surface area contributed by atoms with E-state index in [9.17, 15) is 9.59 Å². The molecule has 0 radical (unpaired) electrons. The standard InChI is InChI=1S/C13H22N2O3/c16-12(17)6-5-10-3-2-8-15(9-10)13(18)11-4-1-7-14-11/h10-11,14H,1-9H2,(H,16,17)/t10?,11-/m0/s1. The smallest absolute Gasteiger partial charge is 0.303 e. The molecule has 0 aromatic heterocycles.